The first-order chi connectivity index (χ1) is 9.00. The Bertz CT molecular complexity index is 522. The van der Waals surface area contributed by atoms with Gasteiger partial charge in [0.1, 0.15) is 5.82 Å². The van der Waals surface area contributed by atoms with Crippen molar-refractivity contribution >= 4 is 27.8 Å². The van der Waals surface area contributed by atoms with E-state index in [2.05, 4.69) is 15.9 Å². The van der Waals surface area contributed by atoms with Gasteiger partial charge in [-0.2, -0.15) is 0 Å². The van der Waals surface area contributed by atoms with Gasteiger partial charge in [0.05, 0.1) is 18.8 Å². The lowest BCUT2D eigenvalue weighted by Gasteiger charge is -2.33. The molecule has 1 atom stereocenters. The fourth-order valence-corrected chi connectivity index (χ4v) is 2.28. The number of halogens is 2. The molecule has 0 saturated carbocycles. The molecule has 2 rings (SSSR count). The van der Waals surface area contributed by atoms with Crippen molar-refractivity contribution in [2.75, 3.05) is 19.8 Å². The summed E-state index contributed by atoms with van der Waals surface area (Å²) in [5.41, 5.74) is 0.105. The average molecular weight is 332 g/mol. The molecule has 1 saturated heterocycles. The third kappa shape index (κ3) is 2.93. The van der Waals surface area contributed by atoms with Gasteiger partial charge >= 0.3 is 5.97 Å². The molecule has 0 radical (unpaired) electrons. The molecule has 102 valence electrons. The van der Waals surface area contributed by atoms with Gasteiger partial charge in [-0.25, -0.2) is 9.18 Å². The van der Waals surface area contributed by atoms with E-state index in [9.17, 15) is 14.0 Å². The molecule has 19 heavy (non-hydrogen) atoms. The van der Waals surface area contributed by atoms with E-state index in [1.165, 1.54) is 17.0 Å². The van der Waals surface area contributed by atoms with Gasteiger partial charge in [-0.05, 0) is 34.1 Å². The summed E-state index contributed by atoms with van der Waals surface area (Å²) in [5, 5.41) is 9.07. The number of hydrogen-bond donors (Lipinski definition) is 1. The molecule has 1 aromatic carbocycles. The first-order valence-electron chi connectivity index (χ1n) is 5.57. The number of ether oxygens (including phenoxy) is 1. The monoisotopic (exact) mass is 331 g/mol. The van der Waals surface area contributed by atoms with Gasteiger partial charge in [0.25, 0.3) is 5.91 Å². The maximum absolute atomic E-state index is 13.2. The predicted molar refractivity (Wildman–Crippen MR) is 67.4 cm³/mol. The molecule has 1 N–H and O–H groups in total. The number of carbonyl (C=O) groups is 2. The third-order valence-corrected chi connectivity index (χ3v) is 3.52. The summed E-state index contributed by atoms with van der Waals surface area (Å²) in [6.45, 7) is 0.370. The molecule has 0 unspecified atom stereocenters. The summed E-state index contributed by atoms with van der Waals surface area (Å²) in [6.07, 6.45) is 0. The highest BCUT2D eigenvalue weighted by molar-refractivity contribution is 9.10. The van der Waals surface area contributed by atoms with Crippen molar-refractivity contribution in [2.45, 2.75) is 6.04 Å². The highest BCUT2D eigenvalue weighted by atomic mass is 79.9. The quantitative estimate of drug-likeness (QED) is 0.892. The largest absolute Gasteiger partial charge is 0.480 e. The lowest BCUT2D eigenvalue weighted by molar-refractivity contribution is -0.147. The van der Waals surface area contributed by atoms with Crippen molar-refractivity contribution in [3.63, 3.8) is 0 Å². The minimum absolute atomic E-state index is 0.0615. The Kier molecular flexibility index (Phi) is 4.16. The first kappa shape index (κ1) is 14.0. The van der Waals surface area contributed by atoms with Crippen LogP contribution in [0.5, 0.6) is 0 Å². The van der Waals surface area contributed by atoms with Gasteiger partial charge in [-0.15, -0.1) is 0 Å². The highest BCUT2D eigenvalue weighted by Gasteiger charge is 2.33. The predicted octanol–water partition coefficient (Wildman–Crippen LogP) is 1.51. The summed E-state index contributed by atoms with van der Waals surface area (Å²) in [4.78, 5) is 24.6. The third-order valence-electron chi connectivity index (χ3n) is 2.83. The molecule has 0 aliphatic carbocycles. The molecular weight excluding hydrogens is 321 g/mol. The Hall–Kier alpha value is -1.47. The number of carbonyl (C=O) groups excluding carboxylic acids is 1. The van der Waals surface area contributed by atoms with Crippen molar-refractivity contribution in [3.8, 4) is 0 Å². The molecule has 7 heteroatoms. The Morgan fingerprint density at radius 2 is 2.21 bits per heavy atom. The number of morpholine rings is 1. The molecule has 1 heterocycles. The SMILES string of the molecule is O=C(O)[C@@H]1COCCN1C(=O)c1cc(F)ccc1Br. The molecule has 0 spiro atoms. The second-order valence-electron chi connectivity index (χ2n) is 4.05. The van der Waals surface area contributed by atoms with Crippen molar-refractivity contribution in [1.29, 1.82) is 0 Å². The number of carboxylic acid groups (broad SMARTS) is 1. The van der Waals surface area contributed by atoms with Crippen molar-refractivity contribution in [3.05, 3.63) is 34.1 Å². The van der Waals surface area contributed by atoms with Crippen LogP contribution in [-0.2, 0) is 9.53 Å². The molecular formula is C12H11BrFNO4. The van der Waals surface area contributed by atoms with Crippen LogP contribution in [-0.4, -0.2) is 47.7 Å². The second-order valence-corrected chi connectivity index (χ2v) is 4.91. The summed E-state index contributed by atoms with van der Waals surface area (Å²) in [6, 6.07) is 2.67. The number of amides is 1. The van der Waals surface area contributed by atoms with Crippen molar-refractivity contribution in [1.82, 2.24) is 4.90 Å². The maximum atomic E-state index is 13.2. The van der Waals surface area contributed by atoms with E-state index >= 15 is 0 Å². The summed E-state index contributed by atoms with van der Waals surface area (Å²) >= 11 is 3.16. The van der Waals surface area contributed by atoms with E-state index in [0.717, 1.165) is 6.07 Å². The van der Waals surface area contributed by atoms with Gasteiger partial charge in [0.15, 0.2) is 6.04 Å². The van der Waals surface area contributed by atoms with Crippen LogP contribution in [0.4, 0.5) is 4.39 Å². The fraction of sp³-hybridized carbons (Fsp3) is 0.333. The molecule has 1 fully saturated rings. The van der Waals surface area contributed by atoms with Crippen LogP contribution in [0.1, 0.15) is 10.4 Å². The van der Waals surface area contributed by atoms with E-state index < -0.39 is 23.7 Å². The Morgan fingerprint density at radius 3 is 2.89 bits per heavy atom. The number of rotatable bonds is 2. The van der Waals surface area contributed by atoms with Gasteiger partial charge < -0.3 is 14.7 Å². The molecule has 1 aliphatic rings. The molecule has 0 aromatic heterocycles. The summed E-state index contributed by atoms with van der Waals surface area (Å²) in [7, 11) is 0. The second kappa shape index (κ2) is 5.66. The normalized spacial score (nSPS) is 19.3. The minimum Gasteiger partial charge on any atom is -0.480 e. The Morgan fingerprint density at radius 1 is 1.47 bits per heavy atom. The number of carboxylic acids is 1. The van der Waals surface area contributed by atoms with Crippen LogP contribution in [0.2, 0.25) is 0 Å². The molecule has 1 aliphatic heterocycles. The zero-order chi connectivity index (χ0) is 14.0. The Balaban J connectivity index is 2.31. The zero-order valence-corrected chi connectivity index (χ0v) is 11.4. The molecule has 0 bridgehead atoms. The molecule has 1 amide bonds. The van der Waals surface area contributed by atoms with Crippen LogP contribution in [0, 0.1) is 5.82 Å². The number of nitrogens with zero attached hydrogens (tertiary/aromatic N) is 1. The molecule has 5 nitrogen and oxygen atoms in total. The van der Waals surface area contributed by atoms with Gasteiger partial charge in [-0.1, -0.05) is 0 Å². The fourth-order valence-electron chi connectivity index (χ4n) is 1.87. The number of hydrogen-bond acceptors (Lipinski definition) is 3. The molecule has 1 aromatic rings. The van der Waals surface area contributed by atoms with E-state index in [0.29, 0.717) is 4.47 Å². The van der Waals surface area contributed by atoms with Crippen LogP contribution in [0.15, 0.2) is 22.7 Å². The van der Waals surface area contributed by atoms with E-state index in [-0.39, 0.29) is 25.3 Å². The van der Waals surface area contributed by atoms with E-state index in [1.54, 1.807) is 0 Å². The topological polar surface area (TPSA) is 66.8 Å². The van der Waals surface area contributed by atoms with Crippen LogP contribution in [0.25, 0.3) is 0 Å². The van der Waals surface area contributed by atoms with Crippen LogP contribution < -0.4 is 0 Å². The van der Waals surface area contributed by atoms with Gasteiger partial charge in [-0.3, -0.25) is 4.79 Å². The standard InChI is InChI=1S/C12H11BrFNO4/c13-9-2-1-7(14)5-8(9)11(16)15-3-4-19-6-10(15)12(17)18/h1-2,5,10H,3-4,6H2,(H,17,18)/t10-/m0/s1. The summed E-state index contributed by atoms with van der Waals surface area (Å²) < 4.78 is 18.7. The minimum atomic E-state index is -1.14. The first-order valence-corrected chi connectivity index (χ1v) is 6.36. The van der Waals surface area contributed by atoms with Crippen molar-refractivity contribution in [2.24, 2.45) is 0 Å². The van der Waals surface area contributed by atoms with Gasteiger partial charge in [0, 0.05) is 11.0 Å². The van der Waals surface area contributed by atoms with Crippen LogP contribution in [0.3, 0.4) is 0 Å². The smallest absolute Gasteiger partial charge is 0.328 e. The highest BCUT2D eigenvalue weighted by Crippen LogP contribution is 2.21. The van der Waals surface area contributed by atoms with E-state index in [1.807, 2.05) is 0 Å². The summed E-state index contributed by atoms with van der Waals surface area (Å²) in [5.74, 6) is -2.21. The number of aliphatic carboxylic acids is 1. The van der Waals surface area contributed by atoms with Crippen molar-refractivity contribution < 1.29 is 23.8 Å². The zero-order valence-electron chi connectivity index (χ0n) is 9.81. The average Bonchev–Trinajstić information content (AvgIpc) is 2.40. The number of benzene rings is 1. The van der Waals surface area contributed by atoms with Gasteiger partial charge in [0.2, 0.25) is 0 Å². The van der Waals surface area contributed by atoms with Crippen LogP contribution >= 0.6 is 15.9 Å². The lowest BCUT2D eigenvalue weighted by Crippen LogP contribution is -2.52. The lowest BCUT2D eigenvalue weighted by atomic mass is 10.1. The maximum Gasteiger partial charge on any atom is 0.328 e. The van der Waals surface area contributed by atoms with E-state index in [4.69, 9.17) is 9.84 Å². The Labute approximate surface area is 117 Å².